The molecule has 0 radical (unpaired) electrons. The van der Waals surface area contributed by atoms with Gasteiger partial charge in [-0.15, -0.1) is 0 Å². The summed E-state index contributed by atoms with van der Waals surface area (Å²) in [5, 5.41) is 8.69. The second-order valence-corrected chi connectivity index (χ2v) is 4.17. The minimum Gasteiger partial charge on any atom is -0.479 e. The van der Waals surface area contributed by atoms with Gasteiger partial charge in [-0.1, -0.05) is 13.3 Å². The summed E-state index contributed by atoms with van der Waals surface area (Å²) in [4.78, 5) is 10.6. The van der Waals surface area contributed by atoms with E-state index in [0.29, 0.717) is 0 Å². The first-order chi connectivity index (χ1) is 6.63. The number of hydrogen-bond donors (Lipinski definition) is 1. The molecule has 0 aromatic carbocycles. The van der Waals surface area contributed by atoms with E-state index in [0.717, 1.165) is 18.8 Å². The molecule has 0 aliphatic heterocycles. The van der Waals surface area contributed by atoms with E-state index in [1.807, 2.05) is 0 Å². The van der Waals surface area contributed by atoms with E-state index in [1.165, 1.54) is 19.3 Å². The first kappa shape index (κ1) is 11.5. The van der Waals surface area contributed by atoms with Gasteiger partial charge in [0.2, 0.25) is 0 Å². The number of carboxylic acid groups (broad SMARTS) is 1. The molecule has 0 unspecified atom stereocenters. The molecule has 1 fully saturated rings. The normalized spacial score (nSPS) is 29.9. The summed E-state index contributed by atoms with van der Waals surface area (Å²) in [5.74, 6) is -0.0300. The Hall–Kier alpha value is -0.570. The average molecular weight is 200 g/mol. The number of hydrogen-bond acceptors (Lipinski definition) is 2. The van der Waals surface area contributed by atoms with Crippen LogP contribution in [0.3, 0.4) is 0 Å². The summed E-state index contributed by atoms with van der Waals surface area (Å²) in [5.41, 5.74) is 0. The SMILES string of the molecule is CCC1CCC(O[C@H](C)C(=O)O)CC1. The first-order valence-corrected chi connectivity index (χ1v) is 5.51. The Bertz CT molecular complexity index is 183. The zero-order valence-corrected chi connectivity index (χ0v) is 9.03. The Labute approximate surface area is 85.5 Å². The van der Waals surface area contributed by atoms with Gasteiger partial charge in [0.15, 0.2) is 6.10 Å². The Kier molecular flexibility index (Phi) is 4.39. The van der Waals surface area contributed by atoms with Gasteiger partial charge in [0, 0.05) is 0 Å². The van der Waals surface area contributed by atoms with Crippen molar-refractivity contribution in [1.82, 2.24) is 0 Å². The maximum atomic E-state index is 10.6. The Morgan fingerprint density at radius 3 is 2.43 bits per heavy atom. The summed E-state index contributed by atoms with van der Waals surface area (Å²) < 4.78 is 5.45. The van der Waals surface area contributed by atoms with E-state index in [2.05, 4.69) is 6.92 Å². The van der Waals surface area contributed by atoms with Gasteiger partial charge in [-0.2, -0.15) is 0 Å². The smallest absolute Gasteiger partial charge is 0.332 e. The van der Waals surface area contributed by atoms with Gasteiger partial charge in [0.1, 0.15) is 0 Å². The predicted molar refractivity (Wildman–Crippen MR) is 54.2 cm³/mol. The second kappa shape index (κ2) is 5.35. The number of ether oxygens (including phenoxy) is 1. The first-order valence-electron chi connectivity index (χ1n) is 5.51. The van der Waals surface area contributed by atoms with Gasteiger partial charge in [-0.3, -0.25) is 0 Å². The molecular weight excluding hydrogens is 180 g/mol. The van der Waals surface area contributed by atoms with E-state index in [9.17, 15) is 4.79 Å². The lowest BCUT2D eigenvalue weighted by molar-refractivity contribution is -0.154. The van der Waals surface area contributed by atoms with Crippen molar-refractivity contribution in [2.24, 2.45) is 5.92 Å². The summed E-state index contributed by atoms with van der Waals surface area (Å²) in [6, 6.07) is 0. The molecule has 3 nitrogen and oxygen atoms in total. The molecule has 82 valence electrons. The van der Waals surface area contributed by atoms with Crippen LogP contribution in [-0.2, 0) is 9.53 Å². The van der Waals surface area contributed by atoms with Crippen molar-refractivity contribution >= 4 is 5.97 Å². The molecule has 0 bridgehead atoms. The minimum absolute atomic E-state index is 0.170. The molecule has 1 rings (SSSR count). The molecule has 1 N–H and O–H groups in total. The molecule has 0 aromatic heterocycles. The fourth-order valence-electron chi connectivity index (χ4n) is 2.02. The minimum atomic E-state index is -0.859. The maximum absolute atomic E-state index is 10.6. The molecule has 1 atom stereocenters. The van der Waals surface area contributed by atoms with E-state index in [4.69, 9.17) is 9.84 Å². The van der Waals surface area contributed by atoms with Gasteiger partial charge >= 0.3 is 5.97 Å². The third kappa shape index (κ3) is 3.29. The highest BCUT2D eigenvalue weighted by Gasteiger charge is 2.23. The second-order valence-electron chi connectivity index (χ2n) is 4.17. The van der Waals surface area contributed by atoms with E-state index in [1.54, 1.807) is 6.92 Å². The zero-order chi connectivity index (χ0) is 10.6. The lowest BCUT2D eigenvalue weighted by Crippen LogP contribution is -2.29. The summed E-state index contributed by atoms with van der Waals surface area (Å²) in [7, 11) is 0. The van der Waals surface area contributed by atoms with Gasteiger partial charge < -0.3 is 9.84 Å². The van der Waals surface area contributed by atoms with Crippen LogP contribution in [0.25, 0.3) is 0 Å². The molecule has 1 saturated carbocycles. The Balaban J connectivity index is 2.25. The third-order valence-corrected chi connectivity index (χ3v) is 3.12. The molecule has 0 heterocycles. The molecule has 0 saturated heterocycles. The van der Waals surface area contributed by atoms with Crippen LogP contribution in [0.4, 0.5) is 0 Å². The molecule has 0 amide bonds. The molecule has 1 aliphatic rings. The third-order valence-electron chi connectivity index (χ3n) is 3.12. The highest BCUT2D eigenvalue weighted by molar-refractivity contribution is 5.71. The molecule has 1 aliphatic carbocycles. The van der Waals surface area contributed by atoms with Crippen molar-refractivity contribution in [2.75, 3.05) is 0 Å². The van der Waals surface area contributed by atoms with Crippen LogP contribution in [0, 0.1) is 5.92 Å². The van der Waals surface area contributed by atoms with Crippen LogP contribution >= 0.6 is 0 Å². The quantitative estimate of drug-likeness (QED) is 0.758. The maximum Gasteiger partial charge on any atom is 0.332 e. The zero-order valence-electron chi connectivity index (χ0n) is 9.03. The molecular formula is C11H20O3. The highest BCUT2D eigenvalue weighted by Crippen LogP contribution is 2.28. The highest BCUT2D eigenvalue weighted by atomic mass is 16.5. The Morgan fingerprint density at radius 2 is 2.00 bits per heavy atom. The lowest BCUT2D eigenvalue weighted by Gasteiger charge is -2.28. The number of rotatable bonds is 4. The predicted octanol–water partition coefficient (Wildman–Crippen LogP) is 2.44. The fraction of sp³-hybridized carbons (Fsp3) is 0.909. The van der Waals surface area contributed by atoms with Crippen LogP contribution in [0.15, 0.2) is 0 Å². The van der Waals surface area contributed by atoms with Crippen LogP contribution in [0.5, 0.6) is 0 Å². The number of carboxylic acids is 1. The number of carbonyl (C=O) groups is 1. The van der Waals surface area contributed by atoms with Crippen molar-refractivity contribution in [3.05, 3.63) is 0 Å². The van der Waals surface area contributed by atoms with Gasteiger partial charge in [0.25, 0.3) is 0 Å². The van der Waals surface area contributed by atoms with Crippen molar-refractivity contribution in [3.63, 3.8) is 0 Å². The standard InChI is InChI=1S/C11H20O3/c1-3-9-4-6-10(7-5-9)14-8(2)11(12)13/h8-10H,3-7H2,1-2H3,(H,12,13)/t8-,9?,10?/m1/s1. The molecule has 14 heavy (non-hydrogen) atoms. The van der Waals surface area contributed by atoms with Crippen LogP contribution in [-0.4, -0.2) is 23.3 Å². The average Bonchev–Trinajstić information content (AvgIpc) is 2.19. The van der Waals surface area contributed by atoms with Crippen LogP contribution in [0.1, 0.15) is 46.0 Å². The summed E-state index contributed by atoms with van der Waals surface area (Å²) >= 11 is 0. The topological polar surface area (TPSA) is 46.5 Å². The number of aliphatic carboxylic acids is 1. The lowest BCUT2D eigenvalue weighted by atomic mass is 9.86. The van der Waals surface area contributed by atoms with E-state index in [-0.39, 0.29) is 6.10 Å². The van der Waals surface area contributed by atoms with Gasteiger partial charge in [-0.25, -0.2) is 4.79 Å². The van der Waals surface area contributed by atoms with Crippen molar-refractivity contribution in [3.8, 4) is 0 Å². The largest absolute Gasteiger partial charge is 0.479 e. The summed E-state index contributed by atoms with van der Waals surface area (Å²) in [6.45, 7) is 3.82. The van der Waals surface area contributed by atoms with Gasteiger partial charge in [0.05, 0.1) is 6.10 Å². The summed E-state index contributed by atoms with van der Waals surface area (Å²) in [6.07, 6.45) is 5.18. The Morgan fingerprint density at radius 1 is 1.43 bits per heavy atom. The van der Waals surface area contributed by atoms with Gasteiger partial charge in [-0.05, 0) is 38.5 Å². The monoisotopic (exact) mass is 200 g/mol. The van der Waals surface area contributed by atoms with Crippen molar-refractivity contribution < 1.29 is 14.6 Å². The van der Waals surface area contributed by atoms with E-state index < -0.39 is 12.1 Å². The molecule has 0 spiro atoms. The van der Waals surface area contributed by atoms with Crippen LogP contribution in [0.2, 0.25) is 0 Å². The van der Waals surface area contributed by atoms with E-state index >= 15 is 0 Å². The van der Waals surface area contributed by atoms with Crippen molar-refractivity contribution in [2.45, 2.75) is 58.2 Å². The fourth-order valence-corrected chi connectivity index (χ4v) is 2.02. The van der Waals surface area contributed by atoms with Crippen LogP contribution < -0.4 is 0 Å². The molecule has 0 aromatic rings. The molecule has 3 heteroatoms. The van der Waals surface area contributed by atoms with Crippen molar-refractivity contribution in [1.29, 1.82) is 0 Å².